The Hall–Kier alpha value is -1.56. The molecule has 1 aromatic rings. The van der Waals surface area contributed by atoms with Gasteiger partial charge in [0.25, 0.3) is 0 Å². The van der Waals surface area contributed by atoms with E-state index in [1.165, 1.54) is 5.01 Å². The Morgan fingerprint density at radius 3 is 2.79 bits per heavy atom. The van der Waals surface area contributed by atoms with Crippen LogP contribution in [0.5, 0.6) is 0 Å². The highest BCUT2D eigenvalue weighted by Crippen LogP contribution is 2.16. The van der Waals surface area contributed by atoms with Crippen LogP contribution in [0, 0.1) is 0 Å². The third kappa shape index (κ3) is 3.07. The molecule has 6 heteroatoms. The van der Waals surface area contributed by atoms with E-state index in [2.05, 4.69) is 18.9 Å². The highest BCUT2D eigenvalue weighted by molar-refractivity contribution is 5.74. The topological polar surface area (TPSA) is 67.4 Å². The van der Waals surface area contributed by atoms with E-state index in [4.69, 9.17) is 5.84 Å². The van der Waals surface area contributed by atoms with Gasteiger partial charge in [-0.2, -0.15) is 5.10 Å². The van der Waals surface area contributed by atoms with E-state index in [0.717, 1.165) is 31.5 Å². The molecule has 1 aromatic heterocycles. The number of hydrazine groups is 1. The second-order valence-electron chi connectivity index (χ2n) is 5.01. The summed E-state index contributed by atoms with van der Waals surface area (Å²) in [5.74, 6) is 5.64. The van der Waals surface area contributed by atoms with E-state index < -0.39 is 0 Å². The van der Waals surface area contributed by atoms with Gasteiger partial charge in [-0.3, -0.25) is 9.69 Å². The van der Waals surface area contributed by atoms with Gasteiger partial charge in [-0.15, -0.1) is 0 Å². The van der Waals surface area contributed by atoms with Crippen LogP contribution < -0.4 is 5.84 Å². The summed E-state index contributed by atoms with van der Waals surface area (Å²) in [7, 11) is 0. The van der Waals surface area contributed by atoms with Gasteiger partial charge in [-0.05, 0) is 25.3 Å². The highest BCUT2D eigenvalue weighted by atomic mass is 16.2. The summed E-state index contributed by atoms with van der Waals surface area (Å²) in [5, 5.41) is 5.85. The number of urea groups is 1. The van der Waals surface area contributed by atoms with Crippen molar-refractivity contribution < 1.29 is 4.79 Å². The van der Waals surface area contributed by atoms with Crippen LogP contribution >= 0.6 is 0 Å². The second-order valence-corrected chi connectivity index (χ2v) is 5.01. The molecule has 0 aromatic carbocycles. The molecule has 0 bridgehead atoms. The molecule has 2 heterocycles. The van der Waals surface area contributed by atoms with E-state index in [1.54, 1.807) is 4.90 Å². The molecule has 1 aliphatic rings. The van der Waals surface area contributed by atoms with E-state index in [0.29, 0.717) is 19.1 Å². The van der Waals surface area contributed by atoms with E-state index in [9.17, 15) is 4.79 Å². The number of hydrogen-bond donors (Lipinski definition) is 1. The monoisotopic (exact) mass is 265 g/mol. The molecule has 1 aliphatic heterocycles. The summed E-state index contributed by atoms with van der Waals surface area (Å²) in [6.45, 7) is 6.26. The molecular weight excluding hydrogens is 242 g/mol. The summed E-state index contributed by atoms with van der Waals surface area (Å²) >= 11 is 0. The Balaban J connectivity index is 2.01. The highest BCUT2D eigenvalue weighted by Gasteiger charge is 2.24. The Kier molecular flexibility index (Phi) is 4.42. The third-order valence-electron chi connectivity index (χ3n) is 3.68. The third-order valence-corrected chi connectivity index (χ3v) is 3.68. The number of aromatic nitrogens is 2. The van der Waals surface area contributed by atoms with Crippen molar-refractivity contribution in [2.45, 2.75) is 45.7 Å². The largest absolute Gasteiger partial charge is 0.334 e. The number of nitrogens with zero attached hydrogens (tertiary/aromatic N) is 4. The van der Waals surface area contributed by atoms with Crippen LogP contribution in [0.3, 0.4) is 0 Å². The number of amides is 2. The Bertz CT molecular complexity index is 426. The molecule has 1 saturated heterocycles. The molecule has 1 fully saturated rings. The van der Waals surface area contributed by atoms with Crippen molar-refractivity contribution in [2.24, 2.45) is 5.84 Å². The number of carbonyl (C=O) groups excluding carboxylic acids is 1. The SMILES string of the molecule is CCC(CC)n1ccc(CN2CCCN(N)C2=O)n1. The first-order valence-corrected chi connectivity index (χ1v) is 7.00. The lowest BCUT2D eigenvalue weighted by atomic mass is 10.2. The lowest BCUT2D eigenvalue weighted by Gasteiger charge is -2.32. The molecule has 19 heavy (non-hydrogen) atoms. The molecule has 2 N–H and O–H groups in total. The van der Waals surface area contributed by atoms with Crippen molar-refractivity contribution in [1.29, 1.82) is 0 Å². The van der Waals surface area contributed by atoms with E-state index in [-0.39, 0.29) is 6.03 Å². The molecule has 0 unspecified atom stereocenters. The number of nitrogens with two attached hydrogens (primary N) is 1. The Labute approximate surface area is 114 Å². The smallest absolute Gasteiger partial charge is 0.318 e. The first-order valence-electron chi connectivity index (χ1n) is 7.00. The summed E-state index contributed by atoms with van der Waals surface area (Å²) < 4.78 is 2.00. The van der Waals surface area contributed by atoms with Gasteiger partial charge >= 0.3 is 6.03 Å². The van der Waals surface area contributed by atoms with Gasteiger partial charge in [-0.1, -0.05) is 13.8 Å². The van der Waals surface area contributed by atoms with Gasteiger partial charge < -0.3 is 4.90 Å². The average molecular weight is 265 g/mol. The maximum absolute atomic E-state index is 11.9. The summed E-state index contributed by atoms with van der Waals surface area (Å²) in [4.78, 5) is 13.6. The molecule has 2 amide bonds. The fourth-order valence-electron chi connectivity index (χ4n) is 2.47. The number of rotatable bonds is 5. The van der Waals surface area contributed by atoms with Crippen molar-refractivity contribution in [1.82, 2.24) is 19.7 Å². The lowest BCUT2D eigenvalue weighted by molar-refractivity contribution is 0.126. The number of hydrogen-bond acceptors (Lipinski definition) is 3. The van der Waals surface area contributed by atoms with Crippen molar-refractivity contribution in [3.05, 3.63) is 18.0 Å². The minimum Gasteiger partial charge on any atom is -0.318 e. The van der Waals surface area contributed by atoms with Crippen molar-refractivity contribution in [2.75, 3.05) is 13.1 Å². The quantitative estimate of drug-likeness (QED) is 0.651. The molecular formula is C13H23N5O. The van der Waals surface area contributed by atoms with Crippen LogP contribution in [0.1, 0.15) is 44.8 Å². The van der Waals surface area contributed by atoms with Crippen molar-refractivity contribution in [3.63, 3.8) is 0 Å². The van der Waals surface area contributed by atoms with Crippen LogP contribution in [0.4, 0.5) is 4.79 Å². The molecule has 0 saturated carbocycles. The molecule has 0 aliphatic carbocycles. The Morgan fingerprint density at radius 1 is 1.37 bits per heavy atom. The predicted octanol–water partition coefficient (Wildman–Crippen LogP) is 1.75. The van der Waals surface area contributed by atoms with E-state index >= 15 is 0 Å². The van der Waals surface area contributed by atoms with Gasteiger partial charge in [-0.25, -0.2) is 10.6 Å². The van der Waals surface area contributed by atoms with Gasteiger partial charge in [0.05, 0.1) is 18.3 Å². The van der Waals surface area contributed by atoms with Crippen LogP contribution in [-0.2, 0) is 6.54 Å². The van der Waals surface area contributed by atoms with E-state index in [1.807, 2.05) is 16.9 Å². The lowest BCUT2D eigenvalue weighted by Crippen LogP contribution is -2.52. The standard InChI is InChI=1S/C13H23N5O/c1-3-12(4-2)18-9-6-11(15-18)10-16-7-5-8-17(14)13(16)19/h6,9,12H,3-5,7-8,10,14H2,1-2H3. The molecule has 0 atom stereocenters. The zero-order valence-electron chi connectivity index (χ0n) is 11.7. The average Bonchev–Trinajstić information content (AvgIpc) is 2.85. The normalized spacial score (nSPS) is 16.5. The minimum absolute atomic E-state index is 0.108. The van der Waals surface area contributed by atoms with Crippen LogP contribution in [0.15, 0.2) is 12.3 Å². The minimum atomic E-state index is -0.108. The van der Waals surface area contributed by atoms with Gasteiger partial charge in [0, 0.05) is 19.3 Å². The summed E-state index contributed by atoms with van der Waals surface area (Å²) in [5.41, 5.74) is 0.926. The fraction of sp³-hybridized carbons (Fsp3) is 0.692. The maximum Gasteiger partial charge on any atom is 0.334 e. The van der Waals surface area contributed by atoms with Gasteiger partial charge in [0.15, 0.2) is 0 Å². The van der Waals surface area contributed by atoms with Crippen LogP contribution in [-0.4, -0.2) is 38.8 Å². The van der Waals surface area contributed by atoms with Crippen LogP contribution in [0.2, 0.25) is 0 Å². The molecule has 0 radical (unpaired) electrons. The van der Waals surface area contributed by atoms with Crippen LogP contribution in [0.25, 0.3) is 0 Å². The molecule has 106 valence electrons. The summed E-state index contributed by atoms with van der Waals surface area (Å²) in [6.07, 6.45) is 5.05. The zero-order chi connectivity index (χ0) is 13.8. The second kappa shape index (κ2) is 6.06. The fourth-order valence-corrected chi connectivity index (χ4v) is 2.47. The summed E-state index contributed by atoms with van der Waals surface area (Å²) in [6, 6.07) is 2.32. The van der Waals surface area contributed by atoms with Crippen molar-refractivity contribution >= 4 is 6.03 Å². The Morgan fingerprint density at radius 2 is 2.11 bits per heavy atom. The first kappa shape index (κ1) is 13.9. The molecule has 6 nitrogen and oxygen atoms in total. The van der Waals surface area contributed by atoms with Crippen molar-refractivity contribution in [3.8, 4) is 0 Å². The van der Waals surface area contributed by atoms with Gasteiger partial charge in [0.2, 0.25) is 0 Å². The number of carbonyl (C=O) groups is 1. The molecule has 0 spiro atoms. The first-order chi connectivity index (χ1) is 9.15. The molecule has 2 rings (SSSR count). The zero-order valence-corrected chi connectivity index (χ0v) is 11.7. The predicted molar refractivity (Wildman–Crippen MR) is 73.2 cm³/mol. The van der Waals surface area contributed by atoms with Gasteiger partial charge in [0.1, 0.15) is 0 Å². The maximum atomic E-state index is 11.9.